The number of aliphatic carboxylic acids is 1. The number of aliphatic hydroxyl groups is 2. The van der Waals surface area contributed by atoms with E-state index in [2.05, 4.69) is 59.8 Å². The molecule has 31 nitrogen and oxygen atoms in total. The standard InChI is InChI=1S/C69H97N17O14S2.Cu/c1-42(87)58-66(98)83-55(65(97)85-59(43(2)88)67(99)100)35-102-101-34-54(64(96)80-52(31-45-19-21-47(89)22-20-45)62(94)81-53(32-46-33-77-49-15-8-7-14-48(46)49)63(95)79-50(60(92)84-58)16-9-10-23-70)82-61(93)51(30-44-12-5-4-6-13-44)78-56(90)17-11-18-57(91)86-69-39-74-27-24-71-36-68(3,37-72-25-28-75-40-69)38-73-26-29-76-41-69;/h4-8,12-15,19-22,33,42-43,50-55,58-59,77,87-89H,9-11,16-18,23-32,34-41,70H2,1-3H3,(H,78,90)(H,79,95)(H,80,96)(H,81,94)(H,82,93)(H,83,98)(H,84,92)(H,85,97)(H,86,91)(H,99,100);/q-6;+2/p+4/t42?,43?,50-,51+,52-,53+,54-,55-,58-,59-,68?,69?;/m0./s1/i;1+0. The van der Waals surface area contributed by atoms with Gasteiger partial charge in [-0.2, -0.15) is 39.3 Å². The van der Waals surface area contributed by atoms with E-state index in [0.29, 0.717) is 92.9 Å². The summed E-state index contributed by atoms with van der Waals surface area (Å²) in [4.78, 5) is 147. The molecule has 16 N–H and O–H groups in total. The van der Waals surface area contributed by atoms with Crippen LogP contribution in [0.4, 0.5) is 0 Å². The predicted molar refractivity (Wildman–Crippen MR) is 394 cm³/mol. The minimum atomic E-state index is -1.88. The molecule has 4 aromatic rings. The largest absolute Gasteiger partial charge is 2.00 e. The zero-order chi connectivity index (χ0) is 73.6. The van der Waals surface area contributed by atoms with Crippen molar-refractivity contribution in [3.63, 3.8) is 0 Å². The van der Waals surface area contributed by atoms with Crippen LogP contribution >= 0.6 is 21.6 Å². The number of amides is 9. The van der Waals surface area contributed by atoms with E-state index in [1.165, 1.54) is 31.2 Å². The molecule has 5 heterocycles. The topological polar surface area (TPSA) is 486 Å². The third-order valence-electron chi connectivity index (χ3n) is 17.4. The fourth-order valence-electron chi connectivity index (χ4n) is 11.7. The van der Waals surface area contributed by atoms with Gasteiger partial charge in [-0.05, 0) is 86.5 Å². The minimum absolute atomic E-state index is 0. The number of carboxylic acid groups (broad SMARTS) is 1. The summed E-state index contributed by atoms with van der Waals surface area (Å²) in [6.45, 7) is 9.78. The molecule has 34 heteroatoms. The molecule has 4 aliphatic rings. The van der Waals surface area contributed by atoms with E-state index < -0.39 is 125 Å². The molecule has 1 radical (unpaired) electrons. The van der Waals surface area contributed by atoms with Crippen LogP contribution in [0.5, 0.6) is 5.75 Å². The van der Waals surface area contributed by atoms with Crippen LogP contribution in [0.1, 0.15) is 81.7 Å². The number of nitrogens with zero attached hydrogens (tertiary/aromatic N) is 6. The maximum Gasteiger partial charge on any atom is 2.00 e. The van der Waals surface area contributed by atoms with Gasteiger partial charge >= 0.3 is 28.7 Å². The van der Waals surface area contributed by atoms with Crippen molar-refractivity contribution < 1.29 is 91.1 Å². The summed E-state index contributed by atoms with van der Waals surface area (Å²) in [6.07, 6.45) is -1.89. The van der Waals surface area contributed by atoms with E-state index in [-0.39, 0.29) is 123 Å². The number of aliphatic hydroxyl groups excluding tert-OH is 2. The van der Waals surface area contributed by atoms with Crippen LogP contribution in [0.2, 0.25) is 0 Å². The quantitative estimate of drug-likeness (QED) is 0.0286. The maximum atomic E-state index is 15.3. The molecule has 8 rings (SSSR count). The van der Waals surface area contributed by atoms with E-state index in [1.807, 2.05) is 0 Å². The Kier molecular flexibility index (Phi) is 35.4. The van der Waals surface area contributed by atoms with Gasteiger partial charge in [-0.25, -0.2) is 4.79 Å². The normalized spacial score (nSPS) is 24.7. The summed E-state index contributed by atoms with van der Waals surface area (Å²) in [7, 11) is 1.75. The van der Waals surface area contributed by atoms with Crippen LogP contribution in [0.25, 0.3) is 42.8 Å². The number of phenolic OH excluding ortho intramolecular Hbond substituents is 1. The van der Waals surface area contributed by atoms with Crippen molar-refractivity contribution in [2.24, 2.45) is 11.1 Å². The molecular formula is C69H101CuN17O14S2. The summed E-state index contributed by atoms with van der Waals surface area (Å²) in [5.74, 6) is -10.3. The number of carbonyl (C=O) groups excluding carboxylic acids is 9. The number of carbonyl (C=O) groups is 10. The van der Waals surface area contributed by atoms with Crippen molar-refractivity contribution in [2.45, 2.75) is 145 Å². The van der Waals surface area contributed by atoms with Gasteiger partial charge in [0.05, 0.1) is 12.2 Å². The van der Waals surface area contributed by atoms with Crippen LogP contribution in [-0.4, -0.2) is 247 Å². The van der Waals surface area contributed by atoms with Crippen LogP contribution in [-0.2, 0) is 84.3 Å². The van der Waals surface area contributed by atoms with Crippen LogP contribution < -0.4 is 53.6 Å². The zero-order valence-electron chi connectivity index (χ0n) is 62.1. The first-order valence-corrected chi connectivity index (χ1v) is 36.9. The molecule has 103 heavy (non-hydrogen) atoms. The summed E-state index contributed by atoms with van der Waals surface area (Å²) >= 11 is 0. The molecule has 2 unspecified atom stereocenters. The number of aromatic amines is 1. The number of carboxylic acids is 1. The molecule has 4 aliphatic heterocycles. The third-order valence-corrected chi connectivity index (χ3v) is 19.8. The maximum absolute atomic E-state index is 15.3. The van der Waals surface area contributed by atoms with Crippen molar-refractivity contribution in [3.05, 3.63) is 134 Å². The number of hydrogen-bond donors (Lipinski definition) is 15. The number of aromatic nitrogens is 1. The van der Waals surface area contributed by atoms with Gasteiger partial charge in [-0.1, -0.05) is 94.6 Å². The summed E-state index contributed by atoms with van der Waals surface area (Å²) < 4.78 is 0. The molecule has 3 aromatic carbocycles. The van der Waals surface area contributed by atoms with E-state index in [9.17, 15) is 54.0 Å². The Hall–Kier alpha value is -7.44. The van der Waals surface area contributed by atoms with Crippen LogP contribution in [0, 0.1) is 5.41 Å². The number of rotatable bonds is 23. The van der Waals surface area contributed by atoms with Crippen molar-refractivity contribution in [1.82, 2.24) is 52.8 Å². The Morgan fingerprint density at radius 3 is 1.79 bits per heavy atom. The molecular weight excluding hydrogens is 1420 g/mol. The van der Waals surface area contributed by atoms with Gasteiger partial charge in [0.1, 0.15) is 48.0 Å². The Bertz CT molecular complexity index is 3400. The monoisotopic (exact) mass is 1520 g/mol. The van der Waals surface area contributed by atoms with Crippen molar-refractivity contribution in [3.8, 4) is 5.75 Å². The first-order valence-electron chi connectivity index (χ1n) is 34.4. The number of para-hydroxylation sites is 1. The summed E-state index contributed by atoms with van der Waals surface area (Å²) in [5.41, 5.74) is 6.96. The Morgan fingerprint density at radius 2 is 1.18 bits per heavy atom. The number of nitrogens with two attached hydrogens (primary N) is 1. The number of phenols is 1. The van der Waals surface area contributed by atoms with Crippen molar-refractivity contribution >= 4 is 91.6 Å². The van der Waals surface area contributed by atoms with Gasteiger partial charge < -0.3 is 111 Å². The number of aromatic hydroxyl groups is 1. The average molecular weight is 1520 g/mol. The summed E-state index contributed by atoms with van der Waals surface area (Å²) in [6, 6.07) is 8.77. The van der Waals surface area contributed by atoms with Gasteiger partial charge in [0.25, 0.3) is 0 Å². The van der Waals surface area contributed by atoms with Gasteiger partial charge in [0.2, 0.25) is 53.2 Å². The van der Waals surface area contributed by atoms with E-state index in [1.54, 1.807) is 60.8 Å². The molecule has 0 aliphatic carbocycles. The van der Waals surface area contributed by atoms with Crippen molar-refractivity contribution in [1.29, 1.82) is 0 Å². The third kappa shape index (κ3) is 27.8. The van der Waals surface area contributed by atoms with E-state index in [0.717, 1.165) is 28.5 Å². The van der Waals surface area contributed by atoms with Gasteiger partial charge in [0.15, 0.2) is 6.04 Å². The first-order chi connectivity index (χ1) is 48.9. The fraction of sp³-hybridized carbons (Fsp3) is 0.565. The molecule has 569 valence electrons. The Labute approximate surface area is 624 Å². The van der Waals surface area contributed by atoms with Crippen LogP contribution in [0.3, 0.4) is 0 Å². The second-order valence-electron chi connectivity index (χ2n) is 26.3. The number of hydrogen-bond acceptors (Lipinski definition) is 16. The SMILES string of the molecule is CC(O)[C@H](NC(=O)[C@@H]1CSSC[C@H](NC(=O)[C@@H](Cc2ccccc2)NC(=O)CCCC(=O)NC23C[N-]CC[N-]CC(C)(C[N-]CC[N-]C2)C[N-]CC[N-]C3)C(=O)N[C@@H](Cc2ccc(O)cc2)C(=O)N[C@H](Cc2c[nH]c3ccccc23)C(=O)N[C@@H](CCCCN)C(=O)N[C@@H](C(C)O)C(=O)N1)C(=O)O.[64Cu+2].[H+].[H+].[H+].[H+]. The van der Waals surface area contributed by atoms with Crippen molar-refractivity contribution in [2.75, 3.05) is 96.6 Å². The first kappa shape index (κ1) is 84.5. The second-order valence-corrected chi connectivity index (χ2v) is 28.9. The molecule has 4 saturated heterocycles. The number of H-pyrrole nitrogens is 1. The number of nitrogens with one attached hydrogen (secondary N) is 10. The number of benzene rings is 3. The molecule has 4 fully saturated rings. The van der Waals surface area contributed by atoms with Crippen LogP contribution in [0.15, 0.2) is 85.1 Å². The fourth-order valence-corrected chi connectivity index (χ4v) is 14.0. The molecule has 2 bridgehead atoms. The smallest absolute Gasteiger partial charge is 0.663 e. The zero-order valence-corrected chi connectivity index (χ0v) is 60.7. The summed E-state index contributed by atoms with van der Waals surface area (Å²) in [5, 5.41) is 95.2. The average Bonchev–Trinajstić information content (AvgIpc) is 1.70. The van der Waals surface area contributed by atoms with E-state index >= 15 is 14.4 Å². The second kappa shape index (κ2) is 43.1. The van der Waals surface area contributed by atoms with E-state index in [4.69, 9.17) is 37.6 Å². The molecule has 9 amide bonds. The van der Waals surface area contributed by atoms with Gasteiger partial charge in [-0.3, -0.25) is 43.2 Å². The van der Waals surface area contributed by atoms with Gasteiger partial charge in [-0.15, -0.1) is 39.3 Å². The predicted octanol–water partition coefficient (Wildman–Crippen LogP) is 1.90. The minimum Gasteiger partial charge on any atom is -0.663 e. The molecule has 10 atom stereocenters. The Balaban J connectivity index is 0.00000778. The number of fused-ring (bicyclic) bond motifs is 16. The van der Waals surface area contributed by atoms with Gasteiger partial charge in [0, 0.05) is 60.7 Å². The molecule has 0 saturated carbocycles. The number of unbranched alkanes of at least 4 members (excludes halogenated alkanes) is 1. The molecule has 1 aromatic heterocycles. The molecule has 0 spiro atoms. The Morgan fingerprint density at radius 1 is 0.631 bits per heavy atom.